The summed E-state index contributed by atoms with van der Waals surface area (Å²) in [6.07, 6.45) is 1.95. The molecule has 1 saturated heterocycles. The lowest BCUT2D eigenvalue weighted by atomic mass is 10.1. The Morgan fingerprint density at radius 2 is 2.15 bits per heavy atom. The molecule has 1 aromatic carbocycles. The van der Waals surface area contributed by atoms with Crippen molar-refractivity contribution in [2.75, 3.05) is 19.0 Å². The summed E-state index contributed by atoms with van der Waals surface area (Å²) >= 11 is 0. The highest BCUT2D eigenvalue weighted by Gasteiger charge is 2.35. The average molecular weight is 356 g/mol. The van der Waals surface area contributed by atoms with E-state index < -0.39 is 0 Å². The van der Waals surface area contributed by atoms with Crippen LogP contribution in [0.25, 0.3) is 0 Å². The van der Waals surface area contributed by atoms with Crippen LogP contribution in [-0.4, -0.2) is 40.1 Å². The number of aryl methyl sites for hydroxylation is 2. The number of nitrogens with one attached hydrogen (secondary N) is 1. The van der Waals surface area contributed by atoms with Crippen LogP contribution in [0.15, 0.2) is 30.5 Å². The molecule has 2 aromatic rings. The number of methoxy groups -OCH3 is 1. The molecule has 1 aliphatic rings. The molecule has 0 spiro atoms. The van der Waals surface area contributed by atoms with Crippen LogP contribution >= 0.6 is 0 Å². The third kappa shape index (κ3) is 3.56. The molecule has 1 atom stereocenters. The summed E-state index contributed by atoms with van der Waals surface area (Å²) in [7, 11) is 1.61. The highest BCUT2D eigenvalue weighted by atomic mass is 16.5. The molecule has 2 amide bonds. The molecule has 7 heteroatoms. The van der Waals surface area contributed by atoms with Crippen molar-refractivity contribution in [2.24, 2.45) is 5.92 Å². The molecule has 0 saturated carbocycles. The van der Waals surface area contributed by atoms with Gasteiger partial charge in [0.25, 0.3) is 0 Å². The van der Waals surface area contributed by atoms with Crippen LogP contribution in [0.2, 0.25) is 0 Å². The fraction of sp³-hybridized carbons (Fsp3) is 0.421. The molecular formula is C19H24N4O3. The zero-order valence-electron chi connectivity index (χ0n) is 15.4. The number of benzene rings is 1. The van der Waals surface area contributed by atoms with Crippen molar-refractivity contribution in [1.82, 2.24) is 14.7 Å². The van der Waals surface area contributed by atoms with Crippen molar-refractivity contribution in [3.8, 4) is 5.75 Å². The fourth-order valence-electron chi connectivity index (χ4n) is 3.24. The molecule has 0 aliphatic carbocycles. The van der Waals surface area contributed by atoms with E-state index >= 15 is 0 Å². The number of amides is 2. The zero-order chi connectivity index (χ0) is 18.7. The lowest BCUT2D eigenvalue weighted by Crippen LogP contribution is -2.28. The van der Waals surface area contributed by atoms with Gasteiger partial charge in [-0.15, -0.1) is 0 Å². The second-order valence-electron chi connectivity index (χ2n) is 6.47. The lowest BCUT2D eigenvalue weighted by molar-refractivity contribution is -0.128. The third-order valence-corrected chi connectivity index (χ3v) is 4.70. The van der Waals surface area contributed by atoms with Gasteiger partial charge in [-0.3, -0.25) is 9.59 Å². The number of hydrogen-bond donors (Lipinski definition) is 1. The molecule has 7 nitrogen and oxygen atoms in total. The Kier molecular flexibility index (Phi) is 5.25. The van der Waals surface area contributed by atoms with Gasteiger partial charge in [-0.05, 0) is 19.9 Å². The van der Waals surface area contributed by atoms with E-state index in [-0.39, 0.29) is 24.2 Å². The summed E-state index contributed by atoms with van der Waals surface area (Å²) in [5, 5.41) is 7.17. The minimum absolute atomic E-state index is 0.0169. The predicted octanol–water partition coefficient (Wildman–Crippen LogP) is 2.21. The number of para-hydroxylation sites is 1. The Balaban J connectivity index is 1.67. The normalized spacial score (nSPS) is 16.8. The molecule has 0 radical (unpaired) electrons. The van der Waals surface area contributed by atoms with Gasteiger partial charge in [0.2, 0.25) is 11.8 Å². The van der Waals surface area contributed by atoms with Crippen molar-refractivity contribution >= 4 is 17.6 Å². The van der Waals surface area contributed by atoms with E-state index in [1.807, 2.05) is 38.1 Å². The molecule has 3 rings (SSSR count). The number of likely N-dealkylation sites (tertiary alicyclic amines) is 1. The van der Waals surface area contributed by atoms with E-state index in [4.69, 9.17) is 4.74 Å². The molecule has 1 N–H and O–H groups in total. The van der Waals surface area contributed by atoms with Gasteiger partial charge in [-0.1, -0.05) is 18.2 Å². The third-order valence-electron chi connectivity index (χ3n) is 4.70. The molecule has 2 heterocycles. The van der Waals surface area contributed by atoms with Gasteiger partial charge in [-0.25, -0.2) is 4.68 Å². The van der Waals surface area contributed by atoms with Crippen LogP contribution in [0.3, 0.4) is 0 Å². The first-order valence-corrected chi connectivity index (χ1v) is 8.76. The number of carbonyl (C=O) groups is 2. The fourth-order valence-corrected chi connectivity index (χ4v) is 3.24. The van der Waals surface area contributed by atoms with Crippen LogP contribution in [0.1, 0.15) is 24.5 Å². The van der Waals surface area contributed by atoms with Gasteiger partial charge < -0.3 is 15.0 Å². The van der Waals surface area contributed by atoms with Crippen molar-refractivity contribution in [2.45, 2.75) is 33.4 Å². The van der Waals surface area contributed by atoms with Crippen molar-refractivity contribution in [1.29, 1.82) is 0 Å². The van der Waals surface area contributed by atoms with E-state index in [9.17, 15) is 9.59 Å². The zero-order valence-corrected chi connectivity index (χ0v) is 15.4. The first-order chi connectivity index (χ1) is 12.5. The van der Waals surface area contributed by atoms with Crippen molar-refractivity contribution in [3.05, 3.63) is 41.6 Å². The van der Waals surface area contributed by atoms with Crippen LogP contribution in [0, 0.1) is 12.8 Å². The largest absolute Gasteiger partial charge is 0.496 e. The highest BCUT2D eigenvalue weighted by Crippen LogP contribution is 2.26. The highest BCUT2D eigenvalue weighted by molar-refractivity contribution is 5.97. The molecular weight excluding hydrogens is 332 g/mol. The number of carbonyl (C=O) groups excluding carboxylic acids is 2. The Morgan fingerprint density at radius 1 is 1.38 bits per heavy atom. The number of rotatable bonds is 6. The Morgan fingerprint density at radius 3 is 2.88 bits per heavy atom. The number of ether oxygens (including phenoxy) is 1. The average Bonchev–Trinajstić information content (AvgIpc) is 3.18. The number of aromatic nitrogens is 2. The van der Waals surface area contributed by atoms with E-state index in [2.05, 4.69) is 10.4 Å². The summed E-state index contributed by atoms with van der Waals surface area (Å²) in [6.45, 7) is 5.40. The molecule has 1 unspecified atom stereocenters. The van der Waals surface area contributed by atoms with Gasteiger partial charge >= 0.3 is 0 Å². The smallest absolute Gasteiger partial charge is 0.230 e. The topological polar surface area (TPSA) is 76.5 Å². The second-order valence-corrected chi connectivity index (χ2v) is 6.47. The Hall–Kier alpha value is -2.83. The Bertz CT molecular complexity index is 815. The van der Waals surface area contributed by atoms with Gasteiger partial charge in [0.15, 0.2) is 0 Å². The first-order valence-electron chi connectivity index (χ1n) is 8.76. The van der Waals surface area contributed by atoms with Gasteiger partial charge in [0.1, 0.15) is 11.6 Å². The van der Waals surface area contributed by atoms with Gasteiger partial charge in [0.05, 0.1) is 19.2 Å². The summed E-state index contributed by atoms with van der Waals surface area (Å²) < 4.78 is 7.09. The van der Waals surface area contributed by atoms with E-state index in [0.29, 0.717) is 25.5 Å². The van der Waals surface area contributed by atoms with E-state index in [1.54, 1.807) is 22.9 Å². The second kappa shape index (κ2) is 7.59. The summed E-state index contributed by atoms with van der Waals surface area (Å²) in [6, 6.07) is 7.61. The maximum atomic E-state index is 12.6. The molecule has 26 heavy (non-hydrogen) atoms. The monoisotopic (exact) mass is 356 g/mol. The number of hydrogen-bond acceptors (Lipinski definition) is 4. The van der Waals surface area contributed by atoms with Crippen LogP contribution < -0.4 is 10.1 Å². The van der Waals surface area contributed by atoms with E-state index in [0.717, 1.165) is 16.9 Å². The van der Waals surface area contributed by atoms with Crippen molar-refractivity contribution < 1.29 is 14.3 Å². The maximum absolute atomic E-state index is 12.6. The quantitative estimate of drug-likeness (QED) is 0.861. The van der Waals surface area contributed by atoms with Crippen LogP contribution in [0.5, 0.6) is 5.75 Å². The maximum Gasteiger partial charge on any atom is 0.230 e. The SMILES string of the molecule is CCn1ncc(C)c1NC(=O)C1CC(=O)N(Cc2ccccc2OC)C1. The lowest BCUT2D eigenvalue weighted by Gasteiger charge is -2.18. The van der Waals surface area contributed by atoms with Crippen LogP contribution in [0.4, 0.5) is 5.82 Å². The summed E-state index contributed by atoms with van der Waals surface area (Å²) in [5.74, 6) is 0.927. The van der Waals surface area contributed by atoms with Gasteiger partial charge in [-0.2, -0.15) is 5.10 Å². The van der Waals surface area contributed by atoms with E-state index in [1.165, 1.54) is 0 Å². The molecule has 1 fully saturated rings. The Labute approximate surface area is 152 Å². The minimum atomic E-state index is -0.364. The number of anilines is 1. The molecule has 1 aromatic heterocycles. The standard InChI is InChI=1S/C19H24N4O3/c1-4-23-18(13(2)10-20-23)21-19(25)15-9-17(24)22(12-15)11-14-7-5-6-8-16(14)26-3/h5-8,10,15H,4,9,11-12H2,1-3H3,(H,21,25). The first kappa shape index (κ1) is 18.0. The summed E-state index contributed by atoms with van der Waals surface area (Å²) in [4.78, 5) is 26.7. The molecule has 0 bridgehead atoms. The minimum Gasteiger partial charge on any atom is -0.496 e. The van der Waals surface area contributed by atoms with Crippen LogP contribution in [-0.2, 0) is 22.7 Å². The molecule has 1 aliphatic heterocycles. The number of nitrogens with zero attached hydrogens (tertiary/aromatic N) is 3. The van der Waals surface area contributed by atoms with Gasteiger partial charge in [0, 0.05) is 37.2 Å². The summed E-state index contributed by atoms with van der Waals surface area (Å²) in [5.41, 5.74) is 1.85. The predicted molar refractivity (Wildman–Crippen MR) is 97.8 cm³/mol. The van der Waals surface area contributed by atoms with Crippen molar-refractivity contribution in [3.63, 3.8) is 0 Å². The molecule has 138 valence electrons.